The molecule has 0 aromatic heterocycles. The van der Waals surface area contributed by atoms with Crippen LogP contribution in [0.4, 0.5) is 0 Å². The minimum Gasteiger partial charge on any atom is -0.463 e. The molecule has 0 bridgehead atoms. The Balaban J connectivity index is 2.27. The summed E-state index contributed by atoms with van der Waals surface area (Å²) in [6, 6.07) is 0. The second-order valence-electron chi connectivity index (χ2n) is 5.49. The van der Waals surface area contributed by atoms with Gasteiger partial charge in [-0.25, -0.2) is 0 Å². The maximum absolute atomic E-state index is 11.5. The van der Waals surface area contributed by atoms with Gasteiger partial charge in [0.1, 0.15) is 12.7 Å². The van der Waals surface area contributed by atoms with Gasteiger partial charge in [-0.15, -0.1) is 0 Å². The first-order chi connectivity index (χ1) is 10.8. The van der Waals surface area contributed by atoms with Gasteiger partial charge in [-0.05, 0) is 5.57 Å². The van der Waals surface area contributed by atoms with Crippen LogP contribution in [0.2, 0.25) is 0 Å². The Bertz CT molecular complexity index is 514. The van der Waals surface area contributed by atoms with Crippen LogP contribution in [0, 0.1) is 5.92 Å². The lowest BCUT2D eigenvalue weighted by Gasteiger charge is -2.42. The van der Waals surface area contributed by atoms with Crippen molar-refractivity contribution >= 4 is 17.9 Å². The summed E-state index contributed by atoms with van der Waals surface area (Å²) in [5.41, 5.74) is 0.685. The predicted octanol–water partition coefficient (Wildman–Crippen LogP) is 0.340. The van der Waals surface area contributed by atoms with E-state index in [0.29, 0.717) is 5.57 Å². The van der Waals surface area contributed by atoms with Crippen molar-refractivity contribution in [1.82, 2.24) is 0 Å². The first-order valence-corrected chi connectivity index (χ1v) is 7.22. The van der Waals surface area contributed by atoms with Gasteiger partial charge in [0.15, 0.2) is 18.5 Å². The first-order valence-electron chi connectivity index (χ1n) is 7.22. The van der Waals surface area contributed by atoms with Crippen LogP contribution in [0.15, 0.2) is 12.2 Å². The highest BCUT2D eigenvalue weighted by molar-refractivity contribution is 5.68. The molecule has 2 fully saturated rings. The van der Waals surface area contributed by atoms with E-state index in [0.717, 1.165) is 0 Å². The van der Waals surface area contributed by atoms with Gasteiger partial charge >= 0.3 is 17.9 Å². The highest BCUT2D eigenvalue weighted by Gasteiger charge is 2.53. The molecular formula is C15H20O8. The Kier molecular flexibility index (Phi) is 5.38. The topological polar surface area (TPSA) is 97.4 Å². The summed E-state index contributed by atoms with van der Waals surface area (Å²) in [6.07, 6.45) is -3.24. The van der Waals surface area contributed by atoms with Crippen LogP contribution in [0.25, 0.3) is 0 Å². The molecule has 5 atom stereocenters. The normalized spacial score (nSPS) is 32.8. The zero-order valence-electron chi connectivity index (χ0n) is 13.3. The summed E-state index contributed by atoms with van der Waals surface area (Å²) in [5.74, 6) is -2.04. The van der Waals surface area contributed by atoms with Crippen molar-refractivity contribution in [2.45, 2.75) is 45.4 Å². The van der Waals surface area contributed by atoms with Crippen LogP contribution in [0.5, 0.6) is 0 Å². The van der Waals surface area contributed by atoms with E-state index >= 15 is 0 Å². The third-order valence-corrected chi connectivity index (χ3v) is 3.61. The Morgan fingerprint density at radius 2 is 1.70 bits per heavy atom. The average molecular weight is 328 g/mol. The smallest absolute Gasteiger partial charge is 0.303 e. The summed E-state index contributed by atoms with van der Waals surface area (Å²) >= 11 is 0. The van der Waals surface area contributed by atoms with Crippen molar-refractivity contribution in [2.24, 2.45) is 5.92 Å². The molecule has 0 N–H and O–H groups in total. The quantitative estimate of drug-likeness (QED) is 0.414. The molecule has 2 rings (SSSR count). The largest absolute Gasteiger partial charge is 0.463 e. The van der Waals surface area contributed by atoms with E-state index in [1.165, 1.54) is 20.8 Å². The Morgan fingerprint density at radius 3 is 2.26 bits per heavy atom. The van der Waals surface area contributed by atoms with Gasteiger partial charge in [0, 0.05) is 20.8 Å². The summed E-state index contributed by atoms with van der Waals surface area (Å²) in [5, 5.41) is 0. The van der Waals surface area contributed by atoms with Crippen molar-refractivity contribution in [1.29, 1.82) is 0 Å². The van der Waals surface area contributed by atoms with Gasteiger partial charge in [-0.2, -0.15) is 0 Å². The van der Waals surface area contributed by atoms with E-state index < -0.39 is 48.4 Å². The van der Waals surface area contributed by atoms with Gasteiger partial charge in [0.2, 0.25) is 0 Å². The molecule has 0 radical (unpaired) electrons. The zero-order valence-corrected chi connectivity index (χ0v) is 13.3. The number of hydrogen-bond donors (Lipinski definition) is 0. The molecule has 2 saturated heterocycles. The minimum atomic E-state index is -0.921. The van der Waals surface area contributed by atoms with Crippen molar-refractivity contribution in [3.8, 4) is 0 Å². The van der Waals surface area contributed by atoms with E-state index in [-0.39, 0.29) is 13.2 Å². The van der Waals surface area contributed by atoms with Crippen LogP contribution in [0.1, 0.15) is 20.8 Å². The lowest BCUT2D eigenvalue weighted by Crippen LogP contribution is -2.57. The number of ether oxygens (including phenoxy) is 5. The number of esters is 3. The van der Waals surface area contributed by atoms with Gasteiger partial charge in [0.25, 0.3) is 0 Å². The molecule has 0 amide bonds. The highest BCUT2D eigenvalue weighted by Crippen LogP contribution is 2.39. The Morgan fingerprint density at radius 1 is 1.09 bits per heavy atom. The van der Waals surface area contributed by atoms with E-state index in [4.69, 9.17) is 23.7 Å². The number of hydrogen-bond acceptors (Lipinski definition) is 8. The van der Waals surface area contributed by atoms with Crippen molar-refractivity contribution in [2.75, 3.05) is 13.2 Å². The monoisotopic (exact) mass is 328 g/mol. The summed E-state index contributed by atoms with van der Waals surface area (Å²) in [6.45, 7) is 7.74. The minimum absolute atomic E-state index is 0.149. The van der Waals surface area contributed by atoms with Gasteiger partial charge < -0.3 is 23.7 Å². The van der Waals surface area contributed by atoms with Gasteiger partial charge in [0.05, 0.1) is 12.5 Å². The fourth-order valence-electron chi connectivity index (χ4n) is 2.76. The number of rotatable bonds is 4. The molecule has 2 heterocycles. The first kappa shape index (κ1) is 17.4. The SMILES string of the molecule is C=C1CO[C@H]2OC(COC(C)=O)[C@@H](OC(C)=O)C(OC(C)=O)C12. The molecule has 0 saturated carbocycles. The van der Waals surface area contributed by atoms with Crippen LogP contribution in [0.3, 0.4) is 0 Å². The van der Waals surface area contributed by atoms with Crippen LogP contribution in [-0.4, -0.2) is 55.7 Å². The molecule has 8 heteroatoms. The molecule has 2 aliphatic rings. The third kappa shape index (κ3) is 4.08. The standard InChI is InChI=1S/C15H20O8/c1-7-5-20-15-12(7)14(22-10(4)18)13(21-9(3)17)11(23-15)6-19-8(2)16/h11-15H,1,5-6H2,2-4H3/t11?,12?,13-,14?,15+/m1/s1. The van der Waals surface area contributed by atoms with Crippen molar-refractivity contribution in [3.63, 3.8) is 0 Å². The van der Waals surface area contributed by atoms with Gasteiger partial charge in [-0.3, -0.25) is 14.4 Å². The molecule has 0 aromatic carbocycles. The second-order valence-corrected chi connectivity index (χ2v) is 5.49. The number of fused-ring (bicyclic) bond motifs is 1. The Labute approximate surface area is 133 Å². The summed E-state index contributed by atoms with van der Waals surface area (Å²) in [7, 11) is 0. The van der Waals surface area contributed by atoms with Crippen LogP contribution >= 0.6 is 0 Å². The maximum Gasteiger partial charge on any atom is 0.303 e. The second kappa shape index (κ2) is 7.10. The van der Waals surface area contributed by atoms with Gasteiger partial charge in [-0.1, -0.05) is 6.58 Å². The van der Waals surface area contributed by atoms with E-state index in [2.05, 4.69) is 6.58 Å². The lowest BCUT2D eigenvalue weighted by atomic mass is 9.87. The Hall–Kier alpha value is -1.93. The highest BCUT2D eigenvalue weighted by atomic mass is 16.7. The molecule has 0 aromatic rings. The molecule has 23 heavy (non-hydrogen) atoms. The summed E-state index contributed by atoms with van der Waals surface area (Å²) < 4.78 is 26.8. The number of carbonyl (C=O) groups excluding carboxylic acids is 3. The zero-order chi connectivity index (χ0) is 17.1. The molecule has 128 valence electrons. The van der Waals surface area contributed by atoms with Crippen molar-refractivity contribution in [3.05, 3.63) is 12.2 Å². The fourth-order valence-corrected chi connectivity index (χ4v) is 2.76. The molecule has 0 spiro atoms. The number of carbonyl (C=O) groups is 3. The molecule has 3 unspecified atom stereocenters. The van der Waals surface area contributed by atoms with E-state index in [9.17, 15) is 14.4 Å². The van der Waals surface area contributed by atoms with Crippen molar-refractivity contribution < 1.29 is 38.1 Å². The van der Waals surface area contributed by atoms with E-state index in [1.54, 1.807) is 0 Å². The molecule has 8 nitrogen and oxygen atoms in total. The van der Waals surface area contributed by atoms with E-state index in [1.807, 2.05) is 0 Å². The lowest BCUT2D eigenvalue weighted by molar-refractivity contribution is -0.266. The molecule has 2 aliphatic heterocycles. The van der Waals surface area contributed by atoms with Crippen LogP contribution in [-0.2, 0) is 38.1 Å². The predicted molar refractivity (Wildman–Crippen MR) is 75.0 cm³/mol. The maximum atomic E-state index is 11.5. The van der Waals surface area contributed by atoms with Crippen LogP contribution < -0.4 is 0 Å². The third-order valence-electron chi connectivity index (χ3n) is 3.61. The summed E-state index contributed by atoms with van der Waals surface area (Å²) in [4.78, 5) is 33.9. The average Bonchev–Trinajstić information content (AvgIpc) is 2.79. The molecule has 0 aliphatic carbocycles. The molecular weight excluding hydrogens is 308 g/mol. The fraction of sp³-hybridized carbons (Fsp3) is 0.667.